The Balaban J connectivity index is 1.04. The van der Waals surface area contributed by atoms with E-state index in [1.807, 2.05) is 32.0 Å². The summed E-state index contributed by atoms with van der Waals surface area (Å²) in [5.41, 5.74) is 3.42. The minimum Gasteiger partial charge on any atom is -0.426 e. The Kier molecular flexibility index (Phi) is 4.78. The van der Waals surface area contributed by atoms with Crippen molar-refractivity contribution < 1.29 is 23.9 Å². The number of carbonyl (C=O) groups excluding carboxylic acids is 4. The minimum atomic E-state index is -0.563. The molecule has 8 rings (SSSR count). The number of hydrogen-bond donors (Lipinski definition) is 0. The zero-order chi connectivity index (χ0) is 25.6. The van der Waals surface area contributed by atoms with E-state index in [4.69, 9.17) is 4.74 Å². The standard InChI is InChI=1S/C30H28N2O5/c1-15-9-16(2)11-19(10-15)31-14-17(12-25(31)33)30(36)37-20-5-3-18(4-6-20)32-28(34)26-21-7-8-22(24-13-23(21)24)27(26)29(32)35/h3-11,17,21-24,26-27H,12-14H2,1-2H3/t17-,21+,22+,23+,24+,26-,27-/m0/s1. The molecule has 0 radical (unpaired) electrons. The number of nitrogens with zero attached hydrogens (tertiary/aromatic N) is 2. The number of benzene rings is 2. The molecule has 0 unspecified atom stereocenters. The third-order valence-electron chi connectivity index (χ3n) is 8.95. The van der Waals surface area contributed by atoms with Gasteiger partial charge >= 0.3 is 5.97 Å². The van der Waals surface area contributed by atoms with Crippen molar-refractivity contribution in [2.45, 2.75) is 26.7 Å². The Labute approximate surface area is 215 Å². The first-order chi connectivity index (χ1) is 17.8. The number of aryl methyl sites for hydroxylation is 2. The monoisotopic (exact) mass is 496 g/mol. The molecule has 7 nitrogen and oxygen atoms in total. The quantitative estimate of drug-likeness (QED) is 0.278. The van der Waals surface area contributed by atoms with E-state index < -0.39 is 11.9 Å². The van der Waals surface area contributed by atoms with Crippen LogP contribution in [0.5, 0.6) is 5.75 Å². The predicted octanol–water partition coefficient (Wildman–Crippen LogP) is 3.82. The maximum atomic E-state index is 13.3. The van der Waals surface area contributed by atoms with Gasteiger partial charge in [-0.25, -0.2) is 0 Å². The number of hydrogen-bond acceptors (Lipinski definition) is 5. The van der Waals surface area contributed by atoms with E-state index in [1.165, 1.54) is 4.90 Å². The number of imide groups is 1. The van der Waals surface area contributed by atoms with E-state index >= 15 is 0 Å². The lowest BCUT2D eigenvalue weighted by Gasteiger charge is -2.37. The van der Waals surface area contributed by atoms with Crippen LogP contribution in [0.1, 0.15) is 24.0 Å². The average molecular weight is 497 g/mol. The van der Waals surface area contributed by atoms with E-state index in [-0.39, 0.29) is 54.4 Å². The molecule has 2 aromatic carbocycles. The van der Waals surface area contributed by atoms with Crippen LogP contribution in [0, 0.1) is 55.3 Å². The fourth-order valence-electron chi connectivity index (χ4n) is 7.30. The van der Waals surface area contributed by atoms with Gasteiger partial charge in [0.25, 0.3) is 0 Å². The molecular formula is C30H28N2O5. The summed E-state index contributed by atoms with van der Waals surface area (Å²) < 4.78 is 5.59. The Morgan fingerprint density at radius 1 is 0.838 bits per heavy atom. The molecule has 0 spiro atoms. The molecule has 37 heavy (non-hydrogen) atoms. The first-order valence-corrected chi connectivity index (χ1v) is 13.1. The van der Waals surface area contributed by atoms with Gasteiger partial charge in [0.05, 0.1) is 23.4 Å². The molecule has 0 aromatic heterocycles. The Morgan fingerprint density at radius 3 is 2.03 bits per heavy atom. The summed E-state index contributed by atoms with van der Waals surface area (Å²) in [5.74, 6) is -0.0411. The number of amides is 3. The molecule has 2 aromatic rings. The molecular weight excluding hydrogens is 468 g/mol. The van der Waals surface area contributed by atoms with E-state index in [0.717, 1.165) is 23.2 Å². The minimum absolute atomic E-state index is 0.0990. The van der Waals surface area contributed by atoms with Crippen molar-refractivity contribution in [3.8, 4) is 5.75 Å². The molecule has 7 atom stereocenters. The summed E-state index contributed by atoms with van der Waals surface area (Å²) in [7, 11) is 0. The van der Waals surface area contributed by atoms with Crippen molar-refractivity contribution in [3.05, 3.63) is 65.7 Å². The van der Waals surface area contributed by atoms with Gasteiger partial charge in [-0.05, 0) is 91.5 Å². The lowest BCUT2D eigenvalue weighted by Crippen LogP contribution is -2.40. The van der Waals surface area contributed by atoms with Gasteiger partial charge in [0.15, 0.2) is 0 Å². The molecule has 2 bridgehead atoms. The second kappa shape index (κ2) is 7.88. The molecule has 3 amide bonds. The van der Waals surface area contributed by atoms with Crippen molar-refractivity contribution in [3.63, 3.8) is 0 Å². The van der Waals surface area contributed by atoms with Crippen LogP contribution in [-0.4, -0.2) is 30.2 Å². The normalized spacial score (nSPS) is 33.1. The highest BCUT2D eigenvalue weighted by Crippen LogP contribution is 2.65. The lowest BCUT2D eigenvalue weighted by molar-refractivity contribution is -0.139. The molecule has 6 aliphatic rings. The molecule has 2 saturated carbocycles. The second-order valence-corrected chi connectivity index (χ2v) is 11.3. The van der Waals surface area contributed by atoms with Crippen LogP contribution in [0.3, 0.4) is 0 Å². The van der Waals surface area contributed by atoms with Crippen LogP contribution in [0.25, 0.3) is 0 Å². The molecule has 7 heteroatoms. The summed E-state index contributed by atoms with van der Waals surface area (Å²) >= 11 is 0. The number of rotatable bonds is 4. The Bertz CT molecular complexity index is 1340. The van der Waals surface area contributed by atoms with Gasteiger partial charge in [0.1, 0.15) is 5.75 Å². The van der Waals surface area contributed by atoms with Crippen molar-refractivity contribution in [2.75, 3.05) is 16.3 Å². The van der Waals surface area contributed by atoms with E-state index in [2.05, 4.69) is 12.2 Å². The van der Waals surface area contributed by atoms with E-state index in [0.29, 0.717) is 23.3 Å². The maximum Gasteiger partial charge on any atom is 0.316 e. The van der Waals surface area contributed by atoms with Gasteiger partial charge < -0.3 is 9.64 Å². The zero-order valence-electron chi connectivity index (χ0n) is 20.8. The van der Waals surface area contributed by atoms with Crippen molar-refractivity contribution in [1.29, 1.82) is 0 Å². The smallest absolute Gasteiger partial charge is 0.316 e. The lowest BCUT2D eigenvalue weighted by atomic mass is 9.63. The molecule has 2 saturated heterocycles. The molecule has 4 aliphatic carbocycles. The molecule has 2 heterocycles. The zero-order valence-corrected chi connectivity index (χ0v) is 20.8. The van der Waals surface area contributed by atoms with Gasteiger partial charge in [0, 0.05) is 18.7 Å². The van der Waals surface area contributed by atoms with Gasteiger partial charge in [-0.1, -0.05) is 18.2 Å². The van der Waals surface area contributed by atoms with Crippen molar-refractivity contribution in [1.82, 2.24) is 0 Å². The van der Waals surface area contributed by atoms with Crippen LogP contribution >= 0.6 is 0 Å². The number of ether oxygens (including phenoxy) is 1. The highest BCUT2D eigenvalue weighted by molar-refractivity contribution is 6.22. The van der Waals surface area contributed by atoms with Gasteiger partial charge in [0.2, 0.25) is 17.7 Å². The van der Waals surface area contributed by atoms with Crippen LogP contribution in [0.2, 0.25) is 0 Å². The molecule has 188 valence electrons. The number of allylic oxidation sites excluding steroid dienone is 2. The van der Waals surface area contributed by atoms with Crippen LogP contribution in [-0.2, 0) is 19.2 Å². The SMILES string of the molecule is Cc1cc(C)cc(N2C[C@@H](C(=O)Oc3ccc(N4C(=O)[C@H]5[C@@H]6C=C[C@H]([C@H]7C[C@H]67)[C@@H]5C4=O)cc3)CC2=O)c1. The summed E-state index contributed by atoms with van der Waals surface area (Å²) in [4.78, 5) is 55.1. The summed E-state index contributed by atoms with van der Waals surface area (Å²) in [5, 5.41) is 0. The van der Waals surface area contributed by atoms with E-state index in [9.17, 15) is 19.2 Å². The highest BCUT2D eigenvalue weighted by Gasteiger charge is 2.67. The summed E-state index contributed by atoms with van der Waals surface area (Å²) in [6.07, 6.45) is 5.55. The van der Waals surface area contributed by atoms with Crippen LogP contribution < -0.4 is 14.5 Å². The second-order valence-electron chi connectivity index (χ2n) is 11.3. The Hall–Kier alpha value is -3.74. The predicted molar refractivity (Wildman–Crippen MR) is 136 cm³/mol. The van der Waals surface area contributed by atoms with Gasteiger partial charge in [-0.2, -0.15) is 0 Å². The molecule has 0 N–H and O–H groups in total. The number of esters is 1. The number of anilines is 2. The Morgan fingerprint density at radius 2 is 1.43 bits per heavy atom. The van der Waals surface area contributed by atoms with Gasteiger partial charge in [-0.3, -0.25) is 24.1 Å². The molecule has 4 fully saturated rings. The third-order valence-corrected chi connectivity index (χ3v) is 8.95. The van der Waals surface area contributed by atoms with E-state index in [1.54, 1.807) is 29.2 Å². The average Bonchev–Trinajstić information content (AvgIpc) is 3.54. The largest absolute Gasteiger partial charge is 0.426 e. The number of carbonyl (C=O) groups is 4. The van der Waals surface area contributed by atoms with Gasteiger partial charge in [-0.15, -0.1) is 0 Å². The molecule has 2 aliphatic heterocycles. The summed E-state index contributed by atoms with van der Waals surface area (Å²) in [6.45, 7) is 4.23. The van der Waals surface area contributed by atoms with Crippen LogP contribution in [0.4, 0.5) is 11.4 Å². The van der Waals surface area contributed by atoms with Crippen molar-refractivity contribution in [2.24, 2.45) is 41.4 Å². The van der Waals surface area contributed by atoms with Crippen molar-refractivity contribution >= 4 is 35.1 Å². The topological polar surface area (TPSA) is 84.0 Å². The first kappa shape index (κ1) is 22.5. The first-order valence-electron chi connectivity index (χ1n) is 13.1. The van der Waals surface area contributed by atoms with Crippen LogP contribution in [0.15, 0.2) is 54.6 Å². The highest BCUT2D eigenvalue weighted by atomic mass is 16.5. The summed E-state index contributed by atoms with van der Waals surface area (Å²) in [6, 6.07) is 12.5. The third kappa shape index (κ3) is 3.40. The fourth-order valence-corrected chi connectivity index (χ4v) is 7.30. The maximum absolute atomic E-state index is 13.3. The fraction of sp³-hybridized carbons (Fsp3) is 0.400.